The van der Waals surface area contributed by atoms with E-state index in [1.54, 1.807) is 43.3 Å². The smallest absolute Gasteiger partial charge is 0.286 e. The predicted molar refractivity (Wildman–Crippen MR) is 122 cm³/mol. The van der Waals surface area contributed by atoms with Crippen molar-refractivity contribution >= 4 is 33.0 Å². The molecule has 1 fully saturated rings. The Bertz CT molecular complexity index is 1310. The van der Waals surface area contributed by atoms with E-state index in [1.165, 1.54) is 15.6 Å². The third-order valence-corrected chi connectivity index (χ3v) is 8.82. The number of aryl methyl sites for hydroxylation is 1. The van der Waals surface area contributed by atoms with Crippen LogP contribution in [0.25, 0.3) is 0 Å². The van der Waals surface area contributed by atoms with Crippen LogP contribution in [0.15, 0.2) is 47.4 Å². The van der Waals surface area contributed by atoms with Gasteiger partial charge in [-0.25, -0.2) is 8.42 Å². The number of nitrogens with one attached hydrogen (secondary N) is 1. The first-order valence-corrected chi connectivity index (χ1v) is 12.8. The van der Waals surface area contributed by atoms with E-state index in [4.69, 9.17) is 9.47 Å². The topological polar surface area (TPSA) is 111 Å². The number of nitrogens with zero attached hydrogens (tertiary/aromatic N) is 3. The molecule has 0 unspecified atom stereocenters. The Morgan fingerprint density at radius 1 is 1.15 bits per heavy atom. The van der Waals surface area contributed by atoms with Gasteiger partial charge in [-0.2, -0.15) is 4.31 Å². The quantitative estimate of drug-likeness (QED) is 0.588. The molecule has 0 bridgehead atoms. The zero-order chi connectivity index (χ0) is 23.0. The van der Waals surface area contributed by atoms with E-state index in [-0.39, 0.29) is 23.6 Å². The summed E-state index contributed by atoms with van der Waals surface area (Å²) in [5.41, 5.74) is 1.28. The van der Waals surface area contributed by atoms with Crippen LogP contribution in [0.3, 0.4) is 0 Å². The fraction of sp³-hybridized carbons (Fsp3) is 0.318. The fourth-order valence-electron chi connectivity index (χ4n) is 4.00. The fourth-order valence-corrected chi connectivity index (χ4v) is 6.61. The molecule has 33 heavy (non-hydrogen) atoms. The van der Waals surface area contributed by atoms with Crippen molar-refractivity contribution in [3.63, 3.8) is 0 Å². The van der Waals surface area contributed by atoms with Crippen LogP contribution in [-0.2, 0) is 10.0 Å². The zero-order valence-electron chi connectivity index (χ0n) is 17.9. The third kappa shape index (κ3) is 4.31. The van der Waals surface area contributed by atoms with E-state index in [0.717, 1.165) is 12.0 Å². The largest absolute Gasteiger partial charge is 0.454 e. The Hall–Kier alpha value is -3.02. The number of hydrogen-bond donors (Lipinski definition) is 1. The van der Waals surface area contributed by atoms with Gasteiger partial charge in [0.05, 0.1) is 4.90 Å². The van der Waals surface area contributed by atoms with Crippen LogP contribution in [-0.4, -0.2) is 48.7 Å². The average molecular weight is 487 g/mol. The molecule has 11 heteroatoms. The van der Waals surface area contributed by atoms with Crippen molar-refractivity contribution in [3.05, 3.63) is 58.0 Å². The molecule has 1 N–H and O–H groups in total. The lowest BCUT2D eigenvalue weighted by atomic mass is 10.0. The molecular weight excluding hydrogens is 464 g/mol. The van der Waals surface area contributed by atoms with E-state index in [1.807, 2.05) is 6.07 Å². The second-order valence-corrected chi connectivity index (χ2v) is 10.9. The maximum atomic E-state index is 13.2. The van der Waals surface area contributed by atoms with Gasteiger partial charge in [-0.05, 0) is 43.5 Å². The first-order chi connectivity index (χ1) is 15.9. The van der Waals surface area contributed by atoms with Crippen LogP contribution in [0.1, 0.15) is 39.1 Å². The van der Waals surface area contributed by atoms with E-state index >= 15 is 0 Å². The molecule has 3 aromatic rings. The highest BCUT2D eigenvalue weighted by molar-refractivity contribution is 7.89. The number of aromatic nitrogens is 2. The van der Waals surface area contributed by atoms with Crippen LogP contribution >= 0.6 is 11.3 Å². The molecule has 0 spiro atoms. The number of anilines is 1. The average Bonchev–Trinajstić information content (AvgIpc) is 3.49. The molecule has 3 heterocycles. The Morgan fingerprint density at radius 2 is 1.97 bits per heavy atom. The standard InChI is InChI=1S/C22H22N4O5S2/c1-14-5-2-3-7-19(14)33(28,29)26-10-4-6-15(12-26)21-24-25-22(32-21)20(27)23-16-8-9-17-18(11-16)31-13-30-17/h2-3,5,7-9,11,15H,4,6,10,12-13H2,1H3,(H,23,27)/t15-/m0/s1. The van der Waals surface area contributed by atoms with Crippen LogP contribution in [0, 0.1) is 6.92 Å². The van der Waals surface area contributed by atoms with Gasteiger partial charge in [-0.1, -0.05) is 29.5 Å². The molecule has 0 saturated carbocycles. The summed E-state index contributed by atoms with van der Waals surface area (Å²) in [6.07, 6.45) is 1.51. The number of carbonyl (C=O) groups excluding carboxylic acids is 1. The van der Waals surface area contributed by atoms with Crippen LogP contribution < -0.4 is 14.8 Å². The summed E-state index contributed by atoms with van der Waals surface area (Å²) in [6, 6.07) is 12.1. The monoisotopic (exact) mass is 486 g/mol. The number of rotatable bonds is 5. The molecule has 2 aliphatic heterocycles. The van der Waals surface area contributed by atoms with E-state index < -0.39 is 10.0 Å². The second kappa shape index (κ2) is 8.73. The molecule has 1 saturated heterocycles. The lowest BCUT2D eigenvalue weighted by molar-refractivity contribution is 0.102. The summed E-state index contributed by atoms with van der Waals surface area (Å²) < 4.78 is 38.5. The molecule has 2 aliphatic rings. The highest BCUT2D eigenvalue weighted by atomic mass is 32.2. The van der Waals surface area contributed by atoms with Crippen LogP contribution in [0.2, 0.25) is 0 Å². The first kappa shape index (κ1) is 21.8. The SMILES string of the molecule is Cc1ccccc1S(=O)(=O)N1CCC[C@H](c2nnc(C(=O)Nc3ccc4c(c3)OCO4)s2)C1. The minimum Gasteiger partial charge on any atom is -0.454 e. The molecule has 1 atom stereocenters. The van der Waals surface area contributed by atoms with Crippen molar-refractivity contribution in [1.29, 1.82) is 0 Å². The minimum absolute atomic E-state index is 0.109. The van der Waals surface area contributed by atoms with Crippen molar-refractivity contribution in [3.8, 4) is 11.5 Å². The molecule has 9 nitrogen and oxygen atoms in total. The Kier molecular flexibility index (Phi) is 5.77. The van der Waals surface area contributed by atoms with Gasteiger partial charge in [0.15, 0.2) is 11.5 Å². The maximum absolute atomic E-state index is 13.2. The van der Waals surface area contributed by atoms with Crippen LogP contribution in [0.4, 0.5) is 5.69 Å². The summed E-state index contributed by atoms with van der Waals surface area (Å²) in [5, 5.41) is 11.9. The van der Waals surface area contributed by atoms with E-state index in [0.29, 0.717) is 46.6 Å². The molecule has 2 aromatic carbocycles. The summed E-state index contributed by atoms with van der Waals surface area (Å²) in [4.78, 5) is 13.0. The number of ether oxygens (including phenoxy) is 2. The van der Waals surface area contributed by atoms with Crippen LogP contribution in [0.5, 0.6) is 11.5 Å². The zero-order valence-corrected chi connectivity index (χ0v) is 19.5. The molecule has 1 aromatic heterocycles. The van der Waals surface area contributed by atoms with Gasteiger partial charge in [-0.15, -0.1) is 10.2 Å². The number of fused-ring (bicyclic) bond motifs is 1. The first-order valence-electron chi connectivity index (χ1n) is 10.5. The molecular formula is C22H22N4O5S2. The second-order valence-electron chi connectivity index (χ2n) is 7.94. The van der Waals surface area contributed by atoms with Gasteiger partial charge >= 0.3 is 0 Å². The summed E-state index contributed by atoms with van der Waals surface area (Å²) in [5.74, 6) is 0.719. The number of carbonyl (C=O) groups is 1. The molecule has 172 valence electrons. The summed E-state index contributed by atoms with van der Waals surface area (Å²) in [6.45, 7) is 2.73. The summed E-state index contributed by atoms with van der Waals surface area (Å²) >= 11 is 1.19. The van der Waals surface area contributed by atoms with Gasteiger partial charge in [0, 0.05) is 30.8 Å². The maximum Gasteiger partial charge on any atom is 0.286 e. The lowest BCUT2D eigenvalue weighted by Crippen LogP contribution is -2.39. The summed E-state index contributed by atoms with van der Waals surface area (Å²) in [7, 11) is -3.60. The van der Waals surface area contributed by atoms with Gasteiger partial charge in [-0.3, -0.25) is 4.79 Å². The van der Waals surface area contributed by atoms with Crippen molar-refractivity contribution < 1.29 is 22.7 Å². The van der Waals surface area contributed by atoms with Crippen molar-refractivity contribution in [2.24, 2.45) is 0 Å². The normalized spacial score (nSPS) is 18.3. The highest BCUT2D eigenvalue weighted by Crippen LogP contribution is 2.35. The Balaban J connectivity index is 1.29. The number of piperidine rings is 1. The Labute approximate surface area is 195 Å². The predicted octanol–water partition coefficient (Wildman–Crippen LogP) is 3.40. The van der Waals surface area contributed by atoms with E-state index in [2.05, 4.69) is 15.5 Å². The number of hydrogen-bond acceptors (Lipinski definition) is 8. The van der Waals surface area contributed by atoms with E-state index in [9.17, 15) is 13.2 Å². The number of benzene rings is 2. The molecule has 5 rings (SSSR count). The van der Waals surface area contributed by atoms with Gasteiger partial charge in [0.2, 0.25) is 21.8 Å². The third-order valence-electron chi connectivity index (χ3n) is 5.71. The Morgan fingerprint density at radius 3 is 2.82 bits per heavy atom. The van der Waals surface area contributed by atoms with Crippen molar-refractivity contribution in [1.82, 2.24) is 14.5 Å². The number of sulfonamides is 1. The van der Waals surface area contributed by atoms with Gasteiger partial charge < -0.3 is 14.8 Å². The van der Waals surface area contributed by atoms with Crippen molar-refractivity contribution in [2.45, 2.75) is 30.6 Å². The molecule has 1 amide bonds. The lowest BCUT2D eigenvalue weighted by Gasteiger charge is -2.31. The molecule has 0 radical (unpaired) electrons. The highest BCUT2D eigenvalue weighted by Gasteiger charge is 2.33. The molecule has 0 aliphatic carbocycles. The van der Waals surface area contributed by atoms with Crippen molar-refractivity contribution in [2.75, 3.05) is 25.2 Å². The minimum atomic E-state index is -3.60. The van der Waals surface area contributed by atoms with Gasteiger partial charge in [0.1, 0.15) is 5.01 Å². The van der Waals surface area contributed by atoms with Gasteiger partial charge in [0.25, 0.3) is 5.91 Å². The number of amides is 1.